The van der Waals surface area contributed by atoms with Crippen molar-refractivity contribution < 1.29 is 14.3 Å². The number of carbonyl (C=O) groups excluding carboxylic acids is 2. The molecule has 0 radical (unpaired) electrons. The van der Waals surface area contributed by atoms with Gasteiger partial charge in [-0.05, 0) is 0 Å². The highest BCUT2D eigenvalue weighted by Gasteiger charge is 2.54. The molecular weight excluding hydrogens is 204 g/mol. The number of benzene rings is 1. The number of fused-ring (bicyclic) bond motifs is 2. The van der Waals surface area contributed by atoms with E-state index in [1.807, 2.05) is 0 Å². The molecule has 0 fully saturated rings. The van der Waals surface area contributed by atoms with Crippen molar-refractivity contribution in [3.63, 3.8) is 0 Å². The van der Waals surface area contributed by atoms with E-state index in [4.69, 9.17) is 4.74 Å². The maximum atomic E-state index is 12.3. The van der Waals surface area contributed by atoms with Gasteiger partial charge in [0.25, 0.3) is 0 Å². The molecule has 1 aromatic carbocycles. The third-order valence-corrected chi connectivity index (χ3v) is 3.40. The Labute approximate surface area is 92.7 Å². The van der Waals surface area contributed by atoms with Crippen LogP contribution in [0.25, 0.3) is 0 Å². The monoisotopic (exact) mass is 214 g/mol. The molecule has 2 aliphatic rings. The summed E-state index contributed by atoms with van der Waals surface area (Å²) in [7, 11) is 1.48. The van der Waals surface area contributed by atoms with E-state index in [2.05, 4.69) is 0 Å². The molecule has 80 valence electrons. The Morgan fingerprint density at radius 2 is 1.88 bits per heavy atom. The van der Waals surface area contributed by atoms with E-state index < -0.39 is 5.60 Å². The number of ketones is 2. The molecule has 0 saturated carbocycles. The number of hydrogen-bond acceptors (Lipinski definition) is 3. The first-order valence-corrected chi connectivity index (χ1v) is 5.15. The highest BCUT2D eigenvalue weighted by molar-refractivity contribution is 6.28. The van der Waals surface area contributed by atoms with Gasteiger partial charge >= 0.3 is 0 Å². The number of rotatable bonds is 1. The summed E-state index contributed by atoms with van der Waals surface area (Å²) >= 11 is 0. The van der Waals surface area contributed by atoms with Gasteiger partial charge in [0, 0.05) is 30.2 Å². The molecule has 1 aromatic rings. The second-order valence-electron chi connectivity index (χ2n) is 4.06. The molecule has 3 heteroatoms. The van der Waals surface area contributed by atoms with Gasteiger partial charge in [-0.1, -0.05) is 30.3 Å². The summed E-state index contributed by atoms with van der Waals surface area (Å²) in [6, 6.07) is 6.91. The Bertz CT molecular complexity index is 542. The fraction of sp³-hybridized carbons (Fsp3) is 0.231. The molecule has 0 N–H and O–H groups in total. The fourth-order valence-corrected chi connectivity index (χ4v) is 2.41. The fourth-order valence-electron chi connectivity index (χ4n) is 2.41. The van der Waals surface area contributed by atoms with Gasteiger partial charge in [-0.2, -0.15) is 0 Å². The van der Waals surface area contributed by atoms with Crippen molar-refractivity contribution in [1.29, 1.82) is 0 Å². The molecule has 0 aromatic heterocycles. The average molecular weight is 214 g/mol. The van der Waals surface area contributed by atoms with Crippen molar-refractivity contribution in [3.8, 4) is 0 Å². The first kappa shape index (κ1) is 9.48. The highest BCUT2D eigenvalue weighted by atomic mass is 16.5. The van der Waals surface area contributed by atoms with Crippen LogP contribution in [0.4, 0.5) is 0 Å². The summed E-state index contributed by atoms with van der Waals surface area (Å²) < 4.78 is 5.28. The maximum absolute atomic E-state index is 12.3. The quantitative estimate of drug-likeness (QED) is 0.715. The number of carbonyl (C=O) groups is 2. The Kier molecular flexibility index (Phi) is 1.71. The largest absolute Gasteiger partial charge is 0.365 e. The van der Waals surface area contributed by atoms with Gasteiger partial charge in [-0.3, -0.25) is 9.59 Å². The summed E-state index contributed by atoms with van der Waals surface area (Å²) in [4.78, 5) is 24.3. The van der Waals surface area contributed by atoms with Crippen molar-refractivity contribution >= 4 is 11.6 Å². The molecule has 0 heterocycles. The zero-order valence-corrected chi connectivity index (χ0v) is 8.82. The van der Waals surface area contributed by atoms with Gasteiger partial charge in [-0.25, -0.2) is 0 Å². The molecule has 3 rings (SSSR count). The minimum absolute atomic E-state index is 0.0803. The Balaban J connectivity index is 2.28. The second kappa shape index (κ2) is 2.89. The number of methoxy groups -OCH3 is 1. The molecule has 0 aliphatic heterocycles. The highest BCUT2D eigenvalue weighted by Crippen LogP contribution is 2.44. The lowest BCUT2D eigenvalue weighted by Gasteiger charge is -2.41. The zero-order valence-electron chi connectivity index (χ0n) is 8.82. The van der Waals surface area contributed by atoms with Crippen LogP contribution in [-0.4, -0.2) is 24.3 Å². The second-order valence-corrected chi connectivity index (χ2v) is 4.06. The van der Waals surface area contributed by atoms with Crippen molar-refractivity contribution in [2.24, 2.45) is 0 Å². The smallest absolute Gasteiger partial charge is 0.200 e. The summed E-state index contributed by atoms with van der Waals surface area (Å²) in [5.74, 6) is -0.175. The van der Waals surface area contributed by atoms with Crippen LogP contribution in [0.3, 0.4) is 0 Å². The third-order valence-electron chi connectivity index (χ3n) is 3.40. The van der Waals surface area contributed by atoms with E-state index in [1.165, 1.54) is 7.11 Å². The zero-order chi connectivity index (χ0) is 11.3. The first-order valence-electron chi connectivity index (χ1n) is 5.15. The predicted octanol–water partition coefficient (Wildman–Crippen LogP) is 1.78. The molecule has 1 unspecified atom stereocenters. The molecule has 1 atom stereocenters. The van der Waals surface area contributed by atoms with Crippen LogP contribution < -0.4 is 0 Å². The molecule has 0 bridgehead atoms. The number of Topliss-reactive ketones (excluding diaryl/α,β-unsaturated/α-hetero) is 2. The van der Waals surface area contributed by atoms with Gasteiger partial charge < -0.3 is 4.74 Å². The third kappa shape index (κ3) is 0.870. The van der Waals surface area contributed by atoms with Crippen LogP contribution in [0.15, 0.2) is 35.9 Å². The molecule has 0 amide bonds. The number of hydrogen-bond donors (Lipinski definition) is 0. The Morgan fingerprint density at radius 1 is 1.19 bits per heavy atom. The molecule has 3 nitrogen and oxygen atoms in total. The summed E-state index contributed by atoms with van der Waals surface area (Å²) in [6.07, 6.45) is 2.28. The van der Waals surface area contributed by atoms with E-state index in [9.17, 15) is 9.59 Å². The lowest BCUT2D eigenvalue weighted by Crippen LogP contribution is -2.53. The lowest BCUT2D eigenvalue weighted by molar-refractivity contribution is 0.0113. The van der Waals surface area contributed by atoms with Gasteiger partial charge in [-0.15, -0.1) is 0 Å². The van der Waals surface area contributed by atoms with E-state index in [0.717, 1.165) is 0 Å². The minimum atomic E-state index is -0.995. The normalized spacial score (nSPS) is 26.7. The number of ether oxygens (including phenoxy) is 1. The summed E-state index contributed by atoms with van der Waals surface area (Å²) in [5, 5.41) is 0. The first-order chi connectivity index (χ1) is 7.70. The van der Waals surface area contributed by atoms with Gasteiger partial charge in [0.05, 0.1) is 0 Å². The van der Waals surface area contributed by atoms with Gasteiger partial charge in [0.1, 0.15) is 0 Å². The molecule has 0 spiro atoms. The Morgan fingerprint density at radius 3 is 2.44 bits per heavy atom. The van der Waals surface area contributed by atoms with E-state index in [1.54, 1.807) is 30.3 Å². The van der Waals surface area contributed by atoms with Crippen LogP contribution in [0.2, 0.25) is 0 Å². The summed E-state index contributed by atoms with van der Waals surface area (Å²) in [6.45, 7) is 0. The Hall–Kier alpha value is -1.74. The molecular formula is C13H10O3. The van der Waals surface area contributed by atoms with Crippen molar-refractivity contribution in [3.05, 3.63) is 47.0 Å². The van der Waals surface area contributed by atoms with Gasteiger partial charge in [0.15, 0.2) is 17.2 Å². The van der Waals surface area contributed by atoms with Crippen LogP contribution in [0.5, 0.6) is 0 Å². The van der Waals surface area contributed by atoms with Crippen molar-refractivity contribution in [2.45, 2.75) is 12.0 Å². The van der Waals surface area contributed by atoms with Crippen LogP contribution in [-0.2, 0) is 4.74 Å². The minimum Gasteiger partial charge on any atom is -0.365 e. The topological polar surface area (TPSA) is 43.4 Å². The van der Waals surface area contributed by atoms with E-state index >= 15 is 0 Å². The molecule has 0 saturated heterocycles. The van der Waals surface area contributed by atoms with E-state index in [0.29, 0.717) is 23.1 Å². The van der Waals surface area contributed by atoms with Crippen molar-refractivity contribution in [1.82, 2.24) is 0 Å². The van der Waals surface area contributed by atoms with Crippen LogP contribution in [0, 0.1) is 0 Å². The van der Waals surface area contributed by atoms with Crippen molar-refractivity contribution in [2.75, 3.05) is 7.11 Å². The maximum Gasteiger partial charge on any atom is 0.200 e. The standard InChI is InChI=1S/C13H10O3/c1-16-13-7-6-10(13)11(14)8-4-2-3-5-9(8)12(13)15/h2-6H,7H2,1H3. The van der Waals surface area contributed by atoms with Gasteiger partial charge in [0.2, 0.25) is 0 Å². The lowest BCUT2D eigenvalue weighted by atomic mass is 9.66. The SMILES string of the molecule is COC12CC=C1C(=O)c1ccccc1C2=O. The average Bonchev–Trinajstić information content (AvgIpc) is 2.27. The van der Waals surface area contributed by atoms with Crippen LogP contribution in [0.1, 0.15) is 27.1 Å². The van der Waals surface area contributed by atoms with E-state index in [-0.39, 0.29) is 11.6 Å². The predicted molar refractivity (Wildman–Crippen MR) is 57.5 cm³/mol. The molecule has 16 heavy (non-hydrogen) atoms. The summed E-state index contributed by atoms with van der Waals surface area (Å²) in [5.41, 5.74) is 0.474. The molecule has 2 aliphatic carbocycles. The van der Waals surface area contributed by atoms with Crippen LogP contribution >= 0.6 is 0 Å².